The minimum Gasteiger partial charge on any atom is -0.200 e. The number of sulfonamides is 1. The molecular formula is C10H13ClN2O2S. The van der Waals surface area contributed by atoms with Crippen LogP contribution in [0.3, 0.4) is 0 Å². The fourth-order valence-electron chi connectivity index (χ4n) is 0.915. The van der Waals surface area contributed by atoms with Crippen molar-refractivity contribution in [3.05, 3.63) is 29.3 Å². The Bertz CT molecular complexity index is 466. The molecule has 4 nitrogen and oxygen atoms in total. The van der Waals surface area contributed by atoms with Crippen LogP contribution in [0.15, 0.2) is 34.3 Å². The van der Waals surface area contributed by atoms with E-state index < -0.39 is 10.0 Å². The Labute approximate surface area is 100 Å². The van der Waals surface area contributed by atoms with Gasteiger partial charge >= 0.3 is 0 Å². The van der Waals surface area contributed by atoms with Crippen LogP contribution in [0.2, 0.25) is 5.02 Å². The van der Waals surface area contributed by atoms with Gasteiger partial charge in [0.25, 0.3) is 10.0 Å². The zero-order chi connectivity index (χ0) is 12.2. The van der Waals surface area contributed by atoms with Crippen molar-refractivity contribution in [3.63, 3.8) is 0 Å². The van der Waals surface area contributed by atoms with Gasteiger partial charge in [-0.3, -0.25) is 0 Å². The second-order valence-corrected chi connectivity index (χ2v) is 5.67. The first kappa shape index (κ1) is 13.0. The van der Waals surface area contributed by atoms with Crippen molar-refractivity contribution in [1.29, 1.82) is 0 Å². The third kappa shape index (κ3) is 3.83. The van der Waals surface area contributed by atoms with Crippen LogP contribution in [0.25, 0.3) is 0 Å². The third-order valence-corrected chi connectivity index (χ3v) is 3.16. The second kappa shape index (κ2) is 5.32. The molecule has 0 aromatic heterocycles. The van der Waals surface area contributed by atoms with Crippen LogP contribution < -0.4 is 4.83 Å². The molecule has 0 saturated heterocycles. The van der Waals surface area contributed by atoms with Crippen molar-refractivity contribution in [2.75, 3.05) is 0 Å². The Hall–Kier alpha value is -1.07. The van der Waals surface area contributed by atoms with Gasteiger partial charge in [-0.1, -0.05) is 25.4 Å². The molecule has 1 N–H and O–H groups in total. The Kier molecular flexibility index (Phi) is 4.32. The zero-order valence-corrected chi connectivity index (χ0v) is 10.6. The first-order chi connectivity index (χ1) is 7.42. The van der Waals surface area contributed by atoms with Crippen molar-refractivity contribution in [2.45, 2.75) is 18.7 Å². The van der Waals surface area contributed by atoms with Crippen molar-refractivity contribution >= 4 is 27.8 Å². The molecule has 88 valence electrons. The lowest BCUT2D eigenvalue weighted by Gasteiger charge is -2.03. The molecule has 0 aliphatic carbocycles. The van der Waals surface area contributed by atoms with Gasteiger partial charge < -0.3 is 0 Å². The number of benzene rings is 1. The third-order valence-electron chi connectivity index (χ3n) is 1.67. The molecule has 6 heteroatoms. The van der Waals surface area contributed by atoms with E-state index in [9.17, 15) is 8.42 Å². The SMILES string of the molecule is CC(C)C=NNS(=O)(=O)c1ccc(Cl)cc1. The number of halogens is 1. The van der Waals surface area contributed by atoms with Gasteiger partial charge in [0.1, 0.15) is 0 Å². The monoisotopic (exact) mass is 260 g/mol. The van der Waals surface area contributed by atoms with Crippen LogP contribution in [0.5, 0.6) is 0 Å². The molecule has 0 bridgehead atoms. The minimum absolute atomic E-state index is 0.137. The Morgan fingerprint density at radius 1 is 1.31 bits per heavy atom. The van der Waals surface area contributed by atoms with Crippen LogP contribution in [-0.4, -0.2) is 14.6 Å². The summed E-state index contributed by atoms with van der Waals surface area (Å²) in [4.78, 5) is 2.26. The van der Waals surface area contributed by atoms with Gasteiger partial charge in [-0.25, -0.2) is 4.83 Å². The predicted octanol–water partition coefficient (Wildman–Crippen LogP) is 2.26. The van der Waals surface area contributed by atoms with Crippen molar-refractivity contribution < 1.29 is 8.42 Å². The maximum absolute atomic E-state index is 11.7. The Morgan fingerprint density at radius 2 is 1.88 bits per heavy atom. The lowest BCUT2D eigenvalue weighted by Crippen LogP contribution is -2.18. The van der Waals surface area contributed by atoms with Gasteiger partial charge in [-0.05, 0) is 30.2 Å². The lowest BCUT2D eigenvalue weighted by atomic mass is 10.3. The first-order valence-corrected chi connectivity index (χ1v) is 6.58. The minimum atomic E-state index is -3.58. The summed E-state index contributed by atoms with van der Waals surface area (Å²) in [6.45, 7) is 3.81. The largest absolute Gasteiger partial charge is 0.276 e. The van der Waals surface area contributed by atoms with Crippen LogP contribution in [0.4, 0.5) is 0 Å². The van der Waals surface area contributed by atoms with E-state index >= 15 is 0 Å². The van der Waals surface area contributed by atoms with E-state index in [0.717, 1.165) is 0 Å². The molecule has 0 saturated carbocycles. The van der Waals surface area contributed by atoms with Gasteiger partial charge in [0.05, 0.1) is 4.90 Å². The summed E-state index contributed by atoms with van der Waals surface area (Å²) in [6.07, 6.45) is 1.52. The molecule has 0 aliphatic heterocycles. The quantitative estimate of drug-likeness (QED) is 0.667. The summed E-state index contributed by atoms with van der Waals surface area (Å²) in [5, 5.41) is 4.14. The van der Waals surface area contributed by atoms with E-state index in [1.807, 2.05) is 13.8 Å². The van der Waals surface area contributed by atoms with Gasteiger partial charge in [0, 0.05) is 11.2 Å². The van der Waals surface area contributed by atoms with E-state index in [1.165, 1.54) is 30.5 Å². The molecular weight excluding hydrogens is 248 g/mol. The summed E-state index contributed by atoms with van der Waals surface area (Å²) in [5.41, 5.74) is 0. The smallest absolute Gasteiger partial charge is 0.200 e. The average molecular weight is 261 g/mol. The molecule has 0 radical (unpaired) electrons. The highest BCUT2D eigenvalue weighted by Crippen LogP contribution is 2.13. The van der Waals surface area contributed by atoms with Gasteiger partial charge in [0.2, 0.25) is 0 Å². The summed E-state index contributed by atoms with van der Waals surface area (Å²) in [7, 11) is -3.58. The molecule has 0 aliphatic rings. The van der Waals surface area contributed by atoms with E-state index in [4.69, 9.17) is 11.6 Å². The highest BCUT2D eigenvalue weighted by atomic mass is 35.5. The maximum Gasteiger partial charge on any atom is 0.276 e. The van der Waals surface area contributed by atoms with Gasteiger partial charge in [0.15, 0.2) is 0 Å². The van der Waals surface area contributed by atoms with Crippen molar-refractivity contribution in [1.82, 2.24) is 4.83 Å². The molecule has 1 aromatic carbocycles. The number of hydrogen-bond donors (Lipinski definition) is 1. The molecule has 0 amide bonds. The van der Waals surface area contributed by atoms with Gasteiger partial charge in [-0.15, -0.1) is 0 Å². The average Bonchev–Trinajstić information content (AvgIpc) is 2.17. The normalized spacial score (nSPS) is 12.2. The molecule has 1 aromatic rings. The standard InChI is InChI=1S/C10H13ClN2O2S/c1-8(2)7-12-13-16(14,15)10-5-3-9(11)4-6-10/h3-8,13H,1-2H3. The Morgan fingerprint density at radius 3 is 2.38 bits per heavy atom. The summed E-state index contributed by atoms with van der Waals surface area (Å²) < 4.78 is 23.3. The van der Waals surface area contributed by atoms with Crippen molar-refractivity contribution in [3.8, 4) is 0 Å². The fraction of sp³-hybridized carbons (Fsp3) is 0.300. The van der Waals surface area contributed by atoms with Crippen LogP contribution in [0, 0.1) is 5.92 Å². The summed E-state index contributed by atoms with van der Waals surface area (Å²) in [5.74, 6) is 0.188. The number of hydrogen-bond acceptors (Lipinski definition) is 3. The van der Waals surface area contributed by atoms with Crippen molar-refractivity contribution in [2.24, 2.45) is 11.0 Å². The Balaban J connectivity index is 2.82. The van der Waals surface area contributed by atoms with Crippen LogP contribution in [0.1, 0.15) is 13.8 Å². The molecule has 1 rings (SSSR count). The van der Waals surface area contributed by atoms with Crippen LogP contribution >= 0.6 is 11.6 Å². The molecule has 0 heterocycles. The lowest BCUT2D eigenvalue weighted by molar-refractivity contribution is 0.584. The highest BCUT2D eigenvalue weighted by Gasteiger charge is 2.11. The first-order valence-electron chi connectivity index (χ1n) is 4.72. The van der Waals surface area contributed by atoms with E-state index in [0.29, 0.717) is 5.02 Å². The van der Waals surface area contributed by atoms with E-state index in [-0.39, 0.29) is 10.8 Å². The number of hydrazone groups is 1. The molecule has 0 atom stereocenters. The van der Waals surface area contributed by atoms with Gasteiger partial charge in [-0.2, -0.15) is 13.5 Å². The number of rotatable bonds is 4. The molecule has 16 heavy (non-hydrogen) atoms. The van der Waals surface area contributed by atoms with Crippen LogP contribution in [-0.2, 0) is 10.0 Å². The highest BCUT2D eigenvalue weighted by molar-refractivity contribution is 7.89. The fourth-order valence-corrected chi connectivity index (χ4v) is 1.84. The number of nitrogens with zero attached hydrogens (tertiary/aromatic N) is 1. The predicted molar refractivity (Wildman–Crippen MR) is 65.1 cm³/mol. The van der Waals surface area contributed by atoms with E-state index in [2.05, 4.69) is 9.93 Å². The molecule has 0 fully saturated rings. The topological polar surface area (TPSA) is 58.5 Å². The zero-order valence-electron chi connectivity index (χ0n) is 9.01. The molecule has 0 unspecified atom stereocenters. The molecule has 0 spiro atoms. The summed E-state index contributed by atoms with van der Waals surface area (Å²) >= 11 is 5.66. The second-order valence-electron chi connectivity index (χ2n) is 3.57. The van der Waals surface area contributed by atoms with E-state index in [1.54, 1.807) is 0 Å². The summed E-state index contributed by atoms with van der Waals surface area (Å²) in [6, 6.07) is 5.88. The number of nitrogens with one attached hydrogen (secondary N) is 1. The maximum atomic E-state index is 11.7.